The van der Waals surface area contributed by atoms with Crippen molar-refractivity contribution in [2.45, 2.75) is 64.1 Å². The Morgan fingerprint density at radius 2 is 2.32 bits per heavy atom. The van der Waals surface area contributed by atoms with Crippen molar-refractivity contribution >= 4 is 11.8 Å². The van der Waals surface area contributed by atoms with Gasteiger partial charge in [-0.05, 0) is 45.1 Å². The van der Waals surface area contributed by atoms with Crippen LogP contribution in [0.5, 0.6) is 0 Å². The van der Waals surface area contributed by atoms with E-state index >= 15 is 0 Å². The number of aryl methyl sites for hydroxylation is 1. The molecular formula is C16H24N4O2. The zero-order valence-electron chi connectivity index (χ0n) is 13.3. The van der Waals surface area contributed by atoms with Crippen LogP contribution >= 0.6 is 0 Å². The molecule has 1 N–H and O–H groups in total. The second-order valence-electron chi connectivity index (χ2n) is 6.78. The van der Waals surface area contributed by atoms with Crippen molar-refractivity contribution in [2.24, 2.45) is 0 Å². The van der Waals surface area contributed by atoms with E-state index in [0.717, 1.165) is 37.8 Å². The molecule has 1 aromatic heterocycles. The molecule has 120 valence electrons. The Bertz CT molecular complexity index is 582. The Balaban J connectivity index is 1.77. The number of likely N-dealkylation sites (tertiary alicyclic amines) is 1. The van der Waals surface area contributed by atoms with Gasteiger partial charge < -0.3 is 10.2 Å². The van der Waals surface area contributed by atoms with Crippen molar-refractivity contribution in [3.63, 3.8) is 0 Å². The lowest BCUT2D eigenvalue weighted by atomic mass is 9.81. The van der Waals surface area contributed by atoms with Crippen LogP contribution in [0.4, 0.5) is 0 Å². The molecule has 6 heteroatoms. The summed E-state index contributed by atoms with van der Waals surface area (Å²) in [6, 6.07) is 0.0943. The molecule has 2 amide bonds. The Labute approximate surface area is 130 Å². The summed E-state index contributed by atoms with van der Waals surface area (Å²) in [5.41, 5.74) is 0.764. The van der Waals surface area contributed by atoms with Gasteiger partial charge in [-0.2, -0.15) is 5.10 Å². The lowest BCUT2D eigenvalue weighted by Gasteiger charge is -2.47. The number of hydrogen-bond donors (Lipinski definition) is 1. The van der Waals surface area contributed by atoms with Gasteiger partial charge in [-0.3, -0.25) is 14.3 Å². The molecule has 1 aromatic rings. The van der Waals surface area contributed by atoms with Gasteiger partial charge in [0.1, 0.15) is 6.54 Å². The molecule has 6 nitrogen and oxygen atoms in total. The van der Waals surface area contributed by atoms with Gasteiger partial charge in [0.25, 0.3) is 0 Å². The third kappa shape index (κ3) is 2.87. The van der Waals surface area contributed by atoms with Crippen molar-refractivity contribution in [2.75, 3.05) is 6.54 Å². The molecule has 2 atom stereocenters. The molecule has 2 fully saturated rings. The van der Waals surface area contributed by atoms with Crippen LogP contribution in [0, 0.1) is 6.92 Å². The second kappa shape index (κ2) is 5.74. The van der Waals surface area contributed by atoms with Crippen LogP contribution in [0.1, 0.15) is 44.6 Å². The number of fused-ring (bicyclic) bond motifs is 1. The molecule has 0 unspecified atom stereocenters. The first-order valence-electron chi connectivity index (χ1n) is 8.07. The lowest BCUT2D eigenvalue weighted by Crippen LogP contribution is -2.63. The number of hydrogen-bond acceptors (Lipinski definition) is 3. The molecule has 0 radical (unpaired) electrons. The number of rotatable bonds is 2. The standard InChI is InChI=1S/C16H24N4O2/c1-12-9-17-19(10-12)11-15(22)20-8-4-7-16(2)13(20)5-3-6-14(21)18-16/h9-10,13H,3-8,11H2,1-2H3,(H,18,21)/t13-,16-/m0/s1. The predicted octanol–water partition coefficient (Wildman–Crippen LogP) is 1.24. The summed E-state index contributed by atoms with van der Waals surface area (Å²) in [6.07, 6.45) is 7.81. The van der Waals surface area contributed by atoms with Gasteiger partial charge in [-0.1, -0.05) is 0 Å². The first kappa shape index (κ1) is 15.1. The minimum Gasteiger partial charge on any atom is -0.349 e. The van der Waals surface area contributed by atoms with E-state index in [2.05, 4.69) is 17.3 Å². The van der Waals surface area contributed by atoms with Crippen molar-refractivity contribution in [3.8, 4) is 0 Å². The summed E-state index contributed by atoms with van der Waals surface area (Å²) < 4.78 is 1.69. The van der Waals surface area contributed by atoms with E-state index in [4.69, 9.17) is 0 Å². The predicted molar refractivity (Wildman–Crippen MR) is 82.1 cm³/mol. The number of carbonyl (C=O) groups is 2. The zero-order chi connectivity index (χ0) is 15.7. The smallest absolute Gasteiger partial charge is 0.244 e. The first-order chi connectivity index (χ1) is 10.5. The summed E-state index contributed by atoms with van der Waals surface area (Å²) in [7, 11) is 0. The fourth-order valence-electron chi connectivity index (χ4n) is 3.82. The summed E-state index contributed by atoms with van der Waals surface area (Å²) in [6.45, 7) is 5.09. The van der Waals surface area contributed by atoms with E-state index < -0.39 is 0 Å². The number of amides is 2. The summed E-state index contributed by atoms with van der Waals surface area (Å²) in [5.74, 6) is 0.206. The van der Waals surface area contributed by atoms with E-state index in [1.54, 1.807) is 10.9 Å². The maximum Gasteiger partial charge on any atom is 0.244 e. The van der Waals surface area contributed by atoms with Crippen molar-refractivity contribution in [1.29, 1.82) is 0 Å². The normalized spacial score (nSPS) is 28.7. The Morgan fingerprint density at radius 3 is 3.05 bits per heavy atom. The molecule has 3 rings (SSSR count). The number of carbonyl (C=O) groups excluding carboxylic acids is 2. The highest BCUT2D eigenvalue weighted by Gasteiger charge is 2.44. The molecule has 3 heterocycles. The van der Waals surface area contributed by atoms with Crippen LogP contribution in [0.25, 0.3) is 0 Å². The first-order valence-corrected chi connectivity index (χ1v) is 8.07. The second-order valence-corrected chi connectivity index (χ2v) is 6.78. The van der Waals surface area contributed by atoms with Crippen LogP contribution in [0.2, 0.25) is 0 Å². The third-order valence-corrected chi connectivity index (χ3v) is 4.89. The van der Waals surface area contributed by atoms with Gasteiger partial charge in [-0.15, -0.1) is 0 Å². The molecule has 2 aliphatic rings. The highest BCUT2D eigenvalue weighted by atomic mass is 16.2. The van der Waals surface area contributed by atoms with E-state index in [9.17, 15) is 9.59 Å². The van der Waals surface area contributed by atoms with E-state index in [1.807, 2.05) is 18.0 Å². The van der Waals surface area contributed by atoms with Gasteiger partial charge in [0.15, 0.2) is 0 Å². The SMILES string of the molecule is Cc1cnn(CC(=O)N2CCC[C@]3(C)NC(=O)CCC[C@H]23)c1. The highest BCUT2D eigenvalue weighted by molar-refractivity contribution is 5.79. The molecule has 2 saturated heterocycles. The van der Waals surface area contributed by atoms with Gasteiger partial charge in [-0.25, -0.2) is 0 Å². The molecule has 0 spiro atoms. The van der Waals surface area contributed by atoms with Crippen LogP contribution in [0.3, 0.4) is 0 Å². The van der Waals surface area contributed by atoms with Gasteiger partial charge in [0.05, 0.1) is 17.8 Å². The van der Waals surface area contributed by atoms with Gasteiger partial charge in [0, 0.05) is 19.2 Å². The van der Waals surface area contributed by atoms with E-state index in [1.165, 1.54) is 0 Å². The average molecular weight is 304 g/mol. The number of nitrogens with one attached hydrogen (secondary N) is 1. The fourth-order valence-corrected chi connectivity index (χ4v) is 3.82. The summed E-state index contributed by atoms with van der Waals surface area (Å²) >= 11 is 0. The monoisotopic (exact) mass is 304 g/mol. The molecule has 0 aromatic carbocycles. The van der Waals surface area contributed by atoms with Crippen LogP contribution in [0.15, 0.2) is 12.4 Å². The van der Waals surface area contributed by atoms with Crippen LogP contribution in [-0.2, 0) is 16.1 Å². The van der Waals surface area contributed by atoms with Crippen LogP contribution < -0.4 is 5.32 Å². The minimum absolute atomic E-state index is 0.0928. The maximum atomic E-state index is 12.7. The molecule has 0 aliphatic carbocycles. The molecule has 2 aliphatic heterocycles. The van der Waals surface area contributed by atoms with Crippen molar-refractivity contribution in [3.05, 3.63) is 18.0 Å². The topological polar surface area (TPSA) is 67.2 Å². The maximum absolute atomic E-state index is 12.7. The van der Waals surface area contributed by atoms with Gasteiger partial charge >= 0.3 is 0 Å². The molecular weight excluding hydrogens is 280 g/mol. The third-order valence-electron chi connectivity index (χ3n) is 4.89. The van der Waals surface area contributed by atoms with E-state index in [0.29, 0.717) is 6.42 Å². The minimum atomic E-state index is -0.290. The van der Waals surface area contributed by atoms with Crippen molar-refractivity contribution < 1.29 is 9.59 Å². The number of nitrogens with zero attached hydrogens (tertiary/aromatic N) is 3. The lowest BCUT2D eigenvalue weighted by molar-refractivity contribution is -0.139. The largest absolute Gasteiger partial charge is 0.349 e. The summed E-state index contributed by atoms with van der Waals surface area (Å²) in [4.78, 5) is 26.6. The Morgan fingerprint density at radius 1 is 1.50 bits per heavy atom. The molecule has 0 bridgehead atoms. The molecule has 22 heavy (non-hydrogen) atoms. The molecule has 0 saturated carbocycles. The number of piperidine rings is 1. The highest BCUT2D eigenvalue weighted by Crippen LogP contribution is 2.33. The van der Waals surface area contributed by atoms with Crippen LogP contribution in [-0.4, -0.2) is 44.6 Å². The fraction of sp³-hybridized carbons (Fsp3) is 0.688. The quantitative estimate of drug-likeness (QED) is 0.894. The Kier molecular flexibility index (Phi) is 3.93. The van der Waals surface area contributed by atoms with Gasteiger partial charge in [0.2, 0.25) is 11.8 Å². The van der Waals surface area contributed by atoms with Crippen molar-refractivity contribution in [1.82, 2.24) is 20.0 Å². The zero-order valence-corrected chi connectivity index (χ0v) is 13.3. The summed E-state index contributed by atoms with van der Waals surface area (Å²) in [5, 5.41) is 7.36. The average Bonchev–Trinajstić information content (AvgIpc) is 2.77. The number of aromatic nitrogens is 2. The van der Waals surface area contributed by atoms with E-state index in [-0.39, 0.29) is 29.9 Å². The Hall–Kier alpha value is -1.85.